The maximum atomic E-state index is 11.6. The first-order valence-electron chi connectivity index (χ1n) is 6.37. The Bertz CT molecular complexity index is 544. The lowest BCUT2D eigenvalue weighted by atomic mass is 10.1. The molecule has 0 aromatic heterocycles. The SMILES string of the molecule is CC[C@H](C#N)NC(=O)/C=C/c1ccc2c(c1)CCO2. The number of nitrogens with one attached hydrogen (secondary N) is 1. The molecule has 1 aromatic rings. The van der Waals surface area contributed by atoms with Gasteiger partial charge in [0.1, 0.15) is 11.8 Å². The molecule has 1 heterocycles. The molecule has 1 N–H and O–H groups in total. The lowest BCUT2D eigenvalue weighted by molar-refractivity contribution is -0.116. The Hall–Kier alpha value is -2.28. The van der Waals surface area contributed by atoms with Gasteiger partial charge in [0.2, 0.25) is 5.91 Å². The largest absolute Gasteiger partial charge is 0.493 e. The summed E-state index contributed by atoms with van der Waals surface area (Å²) in [5, 5.41) is 11.4. The summed E-state index contributed by atoms with van der Waals surface area (Å²) in [6.45, 7) is 2.59. The van der Waals surface area contributed by atoms with Gasteiger partial charge in [0.25, 0.3) is 0 Å². The van der Waals surface area contributed by atoms with Gasteiger partial charge in [-0.2, -0.15) is 5.26 Å². The number of ether oxygens (including phenoxy) is 1. The van der Waals surface area contributed by atoms with E-state index < -0.39 is 6.04 Å². The average Bonchev–Trinajstić information content (AvgIpc) is 2.89. The van der Waals surface area contributed by atoms with Crippen molar-refractivity contribution in [2.45, 2.75) is 25.8 Å². The summed E-state index contributed by atoms with van der Waals surface area (Å²) < 4.78 is 5.42. The summed E-state index contributed by atoms with van der Waals surface area (Å²) in [5.41, 5.74) is 2.13. The number of nitriles is 1. The number of carbonyl (C=O) groups is 1. The summed E-state index contributed by atoms with van der Waals surface area (Å²) in [6.07, 6.45) is 4.72. The molecule has 1 amide bonds. The molecule has 98 valence electrons. The fraction of sp³-hybridized carbons (Fsp3) is 0.333. The third kappa shape index (κ3) is 3.35. The van der Waals surface area contributed by atoms with E-state index >= 15 is 0 Å². The van der Waals surface area contributed by atoms with Gasteiger partial charge in [-0.15, -0.1) is 0 Å². The number of fused-ring (bicyclic) bond motifs is 1. The first kappa shape index (κ1) is 13.2. The van der Waals surface area contributed by atoms with Crippen LogP contribution in [0.4, 0.5) is 0 Å². The highest BCUT2D eigenvalue weighted by atomic mass is 16.5. The van der Waals surface area contributed by atoms with E-state index in [9.17, 15) is 4.79 Å². The molecule has 0 bridgehead atoms. The van der Waals surface area contributed by atoms with Crippen LogP contribution in [0.15, 0.2) is 24.3 Å². The molecule has 0 fully saturated rings. The molecule has 0 spiro atoms. The van der Waals surface area contributed by atoms with E-state index in [1.165, 1.54) is 11.6 Å². The summed E-state index contributed by atoms with van der Waals surface area (Å²) >= 11 is 0. The third-order valence-electron chi connectivity index (χ3n) is 3.02. The van der Waals surface area contributed by atoms with E-state index in [0.29, 0.717) is 6.42 Å². The molecular formula is C15H16N2O2. The van der Waals surface area contributed by atoms with Crippen molar-refractivity contribution in [3.05, 3.63) is 35.4 Å². The second-order valence-electron chi connectivity index (χ2n) is 4.40. The van der Waals surface area contributed by atoms with Gasteiger partial charge in [-0.3, -0.25) is 4.79 Å². The standard InChI is InChI=1S/C15H16N2O2/c1-2-13(10-16)17-15(18)6-4-11-3-5-14-12(9-11)7-8-19-14/h3-6,9,13H,2,7-8H2,1H3,(H,17,18)/b6-4+/t13-/m1/s1. The van der Waals surface area contributed by atoms with Gasteiger partial charge in [-0.25, -0.2) is 0 Å². The van der Waals surface area contributed by atoms with Crippen molar-refractivity contribution >= 4 is 12.0 Å². The molecule has 0 unspecified atom stereocenters. The van der Waals surface area contributed by atoms with Crippen molar-refractivity contribution in [1.29, 1.82) is 5.26 Å². The van der Waals surface area contributed by atoms with E-state index in [0.717, 1.165) is 24.3 Å². The van der Waals surface area contributed by atoms with Crippen molar-refractivity contribution in [3.63, 3.8) is 0 Å². The number of carbonyl (C=O) groups excluding carboxylic acids is 1. The van der Waals surface area contributed by atoms with Gasteiger partial charge < -0.3 is 10.1 Å². The normalized spacial score (nSPS) is 14.5. The molecule has 0 aliphatic carbocycles. The van der Waals surface area contributed by atoms with Gasteiger partial charge in [0.05, 0.1) is 12.7 Å². The smallest absolute Gasteiger partial charge is 0.245 e. The monoisotopic (exact) mass is 256 g/mol. The number of nitrogens with zero attached hydrogens (tertiary/aromatic N) is 1. The van der Waals surface area contributed by atoms with Gasteiger partial charge >= 0.3 is 0 Å². The summed E-state index contributed by atoms with van der Waals surface area (Å²) in [6, 6.07) is 7.46. The van der Waals surface area contributed by atoms with Crippen LogP contribution in [0, 0.1) is 11.3 Å². The van der Waals surface area contributed by atoms with Crippen LogP contribution < -0.4 is 10.1 Å². The molecule has 1 atom stereocenters. The Balaban J connectivity index is 1.99. The molecule has 0 saturated carbocycles. The van der Waals surface area contributed by atoms with Crippen LogP contribution in [-0.4, -0.2) is 18.6 Å². The first-order chi connectivity index (χ1) is 9.22. The number of amides is 1. The predicted molar refractivity (Wildman–Crippen MR) is 72.5 cm³/mol. The van der Waals surface area contributed by atoms with Gasteiger partial charge in [-0.05, 0) is 35.8 Å². The Labute approximate surface area is 112 Å². The quantitative estimate of drug-likeness (QED) is 0.839. The maximum Gasteiger partial charge on any atom is 0.245 e. The molecule has 0 saturated heterocycles. The zero-order valence-electron chi connectivity index (χ0n) is 10.8. The number of hydrogen-bond acceptors (Lipinski definition) is 3. The van der Waals surface area contributed by atoms with Gasteiger partial charge in [-0.1, -0.05) is 13.0 Å². The summed E-state index contributed by atoms with van der Waals surface area (Å²) in [5.74, 6) is 0.683. The van der Waals surface area contributed by atoms with E-state index in [4.69, 9.17) is 10.00 Å². The molecule has 1 aliphatic rings. The molecule has 4 nitrogen and oxygen atoms in total. The average molecular weight is 256 g/mol. The number of benzene rings is 1. The Morgan fingerprint density at radius 2 is 2.47 bits per heavy atom. The second kappa shape index (κ2) is 6.05. The highest BCUT2D eigenvalue weighted by Crippen LogP contribution is 2.26. The van der Waals surface area contributed by atoms with Crippen LogP contribution in [0.1, 0.15) is 24.5 Å². The number of hydrogen-bond donors (Lipinski definition) is 1. The lowest BCUT2D eigenvalue weighted by Crippen LogP contribution is -2.31. The fourth-order valence-corrected chi connectivity index (χ4v) is 1.93. The molecule has 0 radical (unpaired) electrons. The summed E-state index contributed by atoms with van der Waals surface area (Å²) in [7, 11) is 0. The maximum absolute atomic E-state index is 11.6. The predicted octanol–water partition coefficient (Wildman–Crippen LogP) is 2.05. The first-order valence-corrected chi connectivity index (χ1v) is 6.37. The fourth-order valence-electron chi connectivity index (χ4n) is 1.93. The molecular weight excluding hydrogens is 240 g/mol. The highest BCUT2D eigenvalue weighted by molar-refractivity contribution is 5.92. The molecule has 2 rings (SSSR count). The van der Waals surface area contributed by atoms with Crippen molar-refractivity contribution in [2.75, 3.05) is 6.61 Å². The third-order valence-corrected chi connectivity index (χ3v) is 3.02. The van der Waals surface area contributed by atoms with E-state index in [1.807, 2.05) is 31.2 Å². The Morgan fingerprint density at radius 3 is 3.21 bits per heavy atom. The van der Waals surface area contributed by atoms with Crippen molar-refractivity contribution in [3.8, 4) is 11.8 Å². The minimum absolute atomic E-state index is 0.245. The van der Waals surface area contributed by atoms with Crippen molar-refractivity contribution in [1.82, 2.24) is 5.32 Å². The van der Waals surface area contributed by atoms with Crippen LogP contribution in [-0.2, 0) is 11.2 Å². The van der Waals surface area contributed by atoms with Crippen LogP contribution in [0.25, 0.3) is 6.08 Å². The van der Waals surface area contributed by atoms with Crippen LogP contribution >= 0.6 is 0 Å². The van der Waals surface area contributed by atoms with E-state index in [2.05, 4.69) is 5.32 Å². The van der Waals surface area contributed by atoms with Crippen LogP contribution in [0.3, 0.4) is 0 Å². The van der Waals surface area contributed by atoms with Crippen LogP contribution in [0.2, 0.25) is 0 Å². The molecule has 1 aliphatic heterocycles. The zero-order chi connectivity index (χ0) is 13.7. The van der Waals surface area contributed by atoms with Crippen LogP contribution in [0.5, 0.6) is 5.75 Å². The molecule has 4 heteroatoms. The second-order valence-corrected chi connectivity index (χ2v) is 4.40. The van der Waals surface area contributed by atoms with Crippen molar-refractivity contribution in [2.24, 2.45) is 0 Å². The Kier molecular flexibility index (Phi) is 4.19. The molecule has 1 aromatic carbocycles. The lowest BCUT2D eigenvalue weighted by Gasteiger charge is -2.05. The summed E-state index contributed by atoms with van der Waals surface area (Å²) in [4.78, 5) is 11.6. The van der Waals surface area contributed by atoms with E-state index in [1.54, 1.807) is 6.08 Å². The molecule has 19 heavy (non-hydrogen) atoms. The highest BCUT2D eigenvalue weighted by Gasteiger charge is 2.11. The zero-order valence-corrected chi connectivity index (χ0v) is 10.8. The van der Waals surface area contributed by atoms with E-state index in [-0.39, 0.29) is 5.91 Å². The topological polar surface area (TPSA) is 62.1 Å². The number of rotatable bonds is 4. The minimum Gasteiger partial charge on any atom is -0.493 e. The van der Waals surface area contributed by atoms with Gasteiger partial charge in [0.15, 0.2) is 0 Å². The van der Waals surface area contributed by atoms with Gasteiger partial charge in [0, 0.05) is 12.5 Å². The van der Waals surface area contributed by atoms with Crippen molar-refractivity contribution < 1.29 is 9.53 Å². The Morgan fingerprint density at radius 1 is 1.63 bits per heavy atom. The minimum atomic E-state index is -0.425.